The Labute approximate surface area is 205 Å². The van der Waals surface area contributed by atoms with Crippen LogP contribution in [0.25, 0.3) is 43.1 Å². The molecule has 8 amide bonds. The van der Waals surface area contributed by atoms with Crippen LogP contribution in [0.5, 0.6) is 0 Å². The van der Waals surface area contributed by atoms with E-state index in [2.05, 4.69) is 119 Å². The summed E-state index contributed by atoms with van der Waals surface area (Å²) in [5.74, 6) is 0. The van der Waals surface area contributed by atoms with Crippen molar-refractivity contribution in [2.24, 2.45) is 45.9 Å². The summed E-state index contributed by atoms with van der Waals surface area (Å²) in [6, 6.07) is 23.1. The molecule has 0 atom stereocenters. The van der Waals surface area contributed by atoms with E-state index in [4.69, 9.17) is 19.2 Å². The molecule has 0 radical (unpaired) electrons. The maximum atomic E-state index is 9.00. The summed E-state index contributed by atoms with van der Waals surface area (Å²) in [4.78, 5) is 36.0. The number of carbonyl (C=O) groups is 4. The van der Waals surface area contributed by atoms with E-state index in [1.807, 2.05) is 0 Å². The highest BCUT2D eigenvalue weighted by molar-refractivity contribution is 6.32. The van der Waals surface area contributed by atoms with Crippen LogP contribution in [0, 0.1) is 0 Å². The minimum atomic E-state index is -0.833. The summed E-state index contributed by atoms with van der Waals surface area (Å²) in [6.07, 6.45) is 0. The Hall–Kier alpha value is -5.52. The lowest BCUT2D eigenvalue weighted by atomic mass is 9.90. The number of benzene rings is 5. The third kappa shape index (κ3) is 8.44. The SMILES string of the molecule is NC(N)=O.NC(N)=O.NC(N)=O.NC(N)=O.c1cc2cccc3c4cccc5cccc(c(c1)c23)c54. The molecule has 188 valence electrons. The third-order valence-corrected chi connectivity index (χ3v) is 4.39. The fraction of sp³-hybridized carbons (Fsp3) is 0. The highest BCUT2D eigenvalue weighted by atomic mass is 16.2. The molecule has 0 heterocycles. The second-order valence-corrected chi connectivity index (χ2v) is 7.03. The number of rotatable bonds is 0. The van der Waals surface area contributed by atoms with Gasteiger partial charge in [0.2, 0.25) is 0 Å². The second kappa shape index (κ2) is 13.3. The molecule has 0 fully saturated rings. The normalized spacial score (nSPS) is 9.33. The van der Waals surface area contributed by atoms with Crippen LogP contribution >= 0.6 is 0 Å². The van der Waals surface area contributed by atoms with E-state index in [9.17, 15) is 0 Å². The second-order valence-electron chi connectivity index (χ2n) is 7.03. The first-order valence-corrected chi connectivity index (χ1v) is 10.1. The first-order valence-electron chi connectivity index (χ1n) is 10.1. The topological polar surface area (TPSA) is 276 Å². The first kappa shape index (κ1) is 28.5. The van der Waals surface area contributed by atoms with Crippen molar-refractivity contribution in [3.8, 4) is 0 Å². The molecule has 0 aliphatic carbocycles. The van der Waals surface area contributed by atoms with Crippen LogP contribution in [-0.4, -0.2) is 24.1 Å². The molecule has 0 aliphatic rings. The lowest BCUT2D eigenvalue weighted by molar-refractivity contribution is 0.255. The molecule has 36 heavy (non-hydrogen) atoms. The molecule has 0 bridgehead atoms. The Bertz CT molecular complexity index is 1270. The van der Waals surface area contributed by atoms with Gasteiger partial charge in [0.25, 0.3) is 0 Å². The van der Waals surface area contributed by atoms with E-state index in [0.29, 0.717) is 0 Å². The van der Waals surface area contributed by atoms with Crippen molar-refractivity contribution in [1.82, 2.24) is 0 Å². The van der Waals surface area contributed by atoms with Crippen molar-refractivity contribution in [1.29, 1.82) is 0 Å². The van der Waals surface area contributed by atoms with Crippen LogP contribution in [0.1, 0.15) is 0 Å². The Kier molecular flexibility index (Phi) is 10.5. The van der Waals surface area contributed by atoms with Crippen LogP contribution in [0.3, 0.4) is 0 Å². The van der Waals surface area contributed by atoms with Gasteiger partial charge < -0.3 is 45.9 Å². The van der Waals surface area contributed by atoms with Gasteiger partial charge in [-0.2, -0.15) is 0 Å². The number of nitrogens with two attached hydrogens (primary N) is 8. The lowest BCUT2D eigenvalue weighted by Gasteiger charge is -2.13. The molecule has 0 aliphatic heterocycles. The van der Waals surface area contributed by atoms with Crippen molar-refractivity contribution in [3.05, 3.63) is 72.8 Å². The molecule has 0 saturated carbocycles. The first-order chi connectivity index (χ1) is 16.9. The quantitative estimate of drug-likeness (QED) is 0.118. The molecule has 5 aromatic rings. The van der Waals surface area contributed by atoms with E-state index < -0.39 is 24.1 Å². The maximum absolute atomic E-state index is 9.00. The van der Waals surface area contributed by atoms with Gasteiger partial charge in [0.15, 0.2) is 0 Å². The van der Waals surface area contributed by atoms with Crippen molar-refractivity contribution < 1.29 is 19.2 Å². The van der Waals surface area contributed by atoms with Crippen molar-refractivity contribution in [3.63, 3.8) is 0 Å². The van der Waals surface area contributed by atoms with Crippen LogP contribution in [0.2, 0.25) is 0 Å². The van der Waals surface area contributed by atoms with Crippen molar-refractivity contribution in [2.45, 2.75) is 0 Å². The monoisotopic (exact) mass is 492 g/mol. The number of primary amides is 8. The van der Waals surface area contributed by atoms with Gasteiger partial charge in [0.1, 0.15) is 0 Å². The molecule has 16 N–H and O–H groups in total. The van der Waals surface area contributed by atoms with Gasteiger partial charge in [0.05, 0.1) is 0 Å². The van der Waals surface area contributed by atoms with E-state index in [0.717, 1.165) is 0 Å². The van der Waals surface area contributed by atoms with Gasteiger partial charge in [-0.25, -0.2) is 19.2 Å². The Morgan fingerprint density at radius 2 is 0.528 bits per heavy atom. The van der Waals surface area contributed by atoms with Gasteiger partial charge in [-0.05, 0) is 43.1 Å². The zero-order valence-electron chi connectivity index (χ0n) is 19.2. The summed E-state index contributed by atoms with van der Waals surface area (Å²) in [5.41, 5.74) is 34.0. The van der Waals surface area contributed by atoms with E-state index in [1.165, 1.54) is 43.1 Å². The molecule has 0 aromatic heterocycles. The average molecular weight is 493 g/mol. The van der Waals surface area contributed by atoms with Crippen LogP contribution < -0.4 is 45.9 Å². The summed E-state index contributed by atoms with van der Waals surface area (Å²) >= 11 is 0. The molecule has 5 rings (SSSR count). The number of hydrogen-bond donors (Lipinski definition) is 8. The molecular weight excluding hydrogens is 464 g/mol. The number of hydrogen-bond acceptors (Lipinski definition) is 4. The molecule has 5 aromatic carbocycles. The predicted octanol–water partition coefficient (Wildman–Crippen LogP) is 1.83. The smallest absolute Gasteiger partial charge is 0.309 e. The fourth-order valence-electron chi connectivity index (χ4n) is 3.58. The van der Waals surface area contributed by atoms with Gasteiger partial charge in [-0.3, -0.25) is 0 Å². The molecule has 0 saturated heterocycles. The standard InChI is InChI=1S/C20H12.4CH4N2O/c1-5-13-6-2-11-17-18-12-4-8-14-7-3-10-16(20(14)18)15(9-1)19(13)17;4*2-1(3)4/h1-12H;4*(H4,2,3,4). The Morgan fingerprint density at radius 1 is 0.361 bits per heavy atom. The minimum absolute atomic E-state index is 0.833. The highest BCUT2D eigenvalue weighted by Crippen LogP contribution is 2.39. The number of urea groups is 4. The van der Waals surface area contributed by atoms with Gasteiger partial charge >= 0.3 is 24.1 Å². The molecule has 12 nitrogen and oxygen atoms in total. The average Bonchev–Trinajstić information content (AvgIpc) is 2.76. The number of carbonyl (C=O) groups excluding carboxylic acids is 4. The van der Waals surface area contributed by atoms with Gasteiger partial charge in [-0.1, -0.05) is 72.8 Å². The molecular formula is C24H28N8O4. The van der Waals surface area contributed by atoms with Crippen LogP contribution in [0.4, 0.5) is 19.2 Å². The van der Waals surface area contributed by atoms with Gasteiger partial charge in [0, 0.05) is 0 Å². The van der Waals surface area contributed by atoms with Crippen LogP contribution in [0.15, 0.2) is 72.8 Å². The number of amides is 8. The maximum Gasteiger partial charge on any atom is 0.309 e. The predicted molar refractivity (Wildman–Crippen MR) is 143 cm³/mol. The van der Waals surface area contributed by atoms with Gasteiger partial charge in [-0.15, -0.1) is 0 Å². The summed E-state index contributed by atoms with van der Waals surface area (Å²) < 4.78 is 0. The third-order valence-electron chi connectivity index (χ3n) is 4.39. The minimum Gasteiger partial charge on any atom is -0.352 e. The lowest BCUT2D eigenvalue weighted by Crippen LogP contribution is -2.18. The summed E-state index contributed by atoms with van der Waals surface area (Å²) in [6.45, 7) is 0. The Balaban J connectivity index is 0.000000337. The summed E-state index contributed by atoms with van der Waals surface area (Å²) in [5, 5.41) is 10.9. The van der Waals surface area contributed by atoms with E-state index in [-0.39, 0.29) is 0 Å². The van der Waals surface area contributed by atoms with E-state index >= 15 is 0 Å². The zero-order valence-corrected chi connectivity index (χ0v) is 19.2. The molecule has 0 unspecified atom stereocenters. The molecule has 0 spiro atoms. The molecule has 12 heteroatoms. The highest BCUT2D eigenvalue weighted by Gasteiger charge is 2.11. The van der Waals surface area contributed by atoms with Crippen molar-refractivity contribution in [2.75, 3.05) is 0 Å². The summed E-state index contributed by atoms with van der Waals surface area (Å²) in [7, 11) is 0. The Morgan fingerprint density at radius 3 is 0.694 bits per heavy atom. The zero-order chi connectivity index (χ0) is 27.4. The van der Waals surface area contributed by atoms with Crippen molar-refractivity contribution >= 4 is 67.2 Å². The number of fused-ring (bicyclic) bond motifs is 2. The fourth-order valence-corrected chi connectivity index (χ4v) is 3.58. The van der Waals surface area contributed by atoms with Crippen LogP contribution in [-0.2, 0) is 0 Å². The van der Waals surface area contributed by atoms with E-state index in [1.54, 1.807) is 0 Å². The largest absolute Gasteiger partial charge is 0.352 e.